The molecule has 0 fully saturated rings. The lowest BCUT2D eigenvalue weighted by Gasteiger charge is -2.52. The predicted octanol–water partition coefficient (Wildman–Crippen LogP) is 5.84. The Balaban J connectivity index is 2.56. The Bertz CT molecular complexity index is 701. The first-order chi connectivity index (χ1) is 12.7. The Kier molecular flexibility index (Phi) is 7.71. The number of hydrogen-bond acceptors (Lipinski definition) is 1. The molecule has 0 amide bonds. The third-order valence-corrected chi connectivity index (χ3v) is 14.3. The summed E-state index contributed by atoms with van der Waals surface area (Å²) in [7, 11) is -3.96. The largest absolute Gasteiger partial charge is 0.410 e. The molecule has 0 spiro atoms. The van der Waals surface area contributed by atoms with Crippen LogP contribution in [-0.2, 0) is 4.43 Å². The van der Waals surface area contributed by atoms with Crippen LogP contribution in [0.1, 0.15) is 26.7 Å². The van der Waals surface area contributed by atoms with E-state index in [0.717, 1.165) is 18.2 Å². The quantitative estimate of drug-likeness (QED) is 0.335. The molecule has 0 N–H and O–H groups in total. The van der Waals surface area contributed by atoms with Gasteiger partial charge in [0.05, 0.1) is 5.22 Å². The first-order valence-corrected chi connectivity index (χ1v) is 17.1. The van der Waals surface area contributed by atoms with Crippen molar-refractivity contribution in [2.75, 3.05) is 5.33 Å². The highest BCUT2D eigenvalue weighted by atomic mass is 79.9. The van der Waals surface area contributed by atoms with Gasteiger partial charge in [-0.1, -0.05) is 109 Å². The molecule has 0 aromatic heterocycles. The van der Waals surface area contributed by atoms with Crippen LogP contribution < -0.4 is 10.4 Å². The number of hydrogen-bond donors (Lipinski definition) is 0. The van der Waals surface area contributed by atoms with Crippen molar-refractivity contribution in [3.8, 4) is 0 Å². The zero-order valence-electron chi connectivity index (χ0n) is 17.8. The van der Waals surface area contributed by atoms with Crippen LogP contribution >= 0.6 is 15.9 Å². The molecule has 0 aliphatic rings. The molecular formula is C23H35BrOSi2. The predicted molar refractivity (Wildman–Crippen MR) is 129 cm³/mol. The molecule has 0 radical (unpaired) electrons. The Morgan fingerprint density at radius 2 is 1.33 bits per heavy atom. The molecule has 148 valence electrons. The Labute approximate surface area is 176 Å². The van der Waals surface area contributed by atoms with E-state index in [4.69, 9.17) is 4.43 Å². The maximum absolute atomic E-state index is 7.37. The van der Waals surface area contributed by atoms with Crippen molar-refractivity contribution in [2.24, 2.45) is 5.92 Å². The molecule has 1 unspecified atom stereocenters. The standard InChI is InChI=1S/C23H35BrOSi2/c1-20(2)23(18-13-19-24,26(3,4)21-14-9-7-10-15-21)25-27(5,6)22-16-11-8-12-17-22/h7-12,14-17,20H,13,18-19H2,1-6H3. The molecule has 1 nitrogen and oxygen atoms in total. The van der Waals surface area contributed by atoms with Gasteiger partial charge in [0.25, 0.3) is 0 Å². The van der Waals surface area contributed by atoms with Gasteiger partial charge in [0.15, 0.2) is 0 Å². The van der Waals surface area contributed by atoms with E-state index in [1.54, 1.807) is 0 Å². The number of halogens is 1. The van der Waals surface area contributed by atoms with E-state index in [2.05, 4.69) is 117 Å². The maximum Gasteiger partial charge on any atom is 0.218 e. The SMILES string of the molecule is CC(C)C(CCCBr)(O[Si](C)(C)c1ccccc1)[Si](C)(C)c1ccccc1. The highest BCUT2D eigenvalue weighted by Gasteiger charge is 2.53. The second-order valence-corrected chi connectivity index (χ2v) is 18.1. The first kappa shape index (κ1) is 22.6. The minimum absolute atomic E-state index is 0.0896. The fraction of sp³-hybridized carbons (Fsp3) is 0.478. The van der Waals surface area contributed by atoms with Crippen molar-refractivity contribution in [2.45, 2.75) is 58.1 Å². The van der Waals surface area contributed by atoms with Crippen molar-refractivity contribution in [1.29, 1.82) is 0 Å². The van der Waals surface area contributed by atoms with Crippen molar-refractivity contribution in [3.63, 3.8) is 0 Å². The van der Waals surface area contributed by atoms with Crippen LogP contribution in [0.5, 0.6) is 0 Å². The lowest BCUT2D eigenvalue weighted by Crippen LogP contribution is -2.70. The number of benzene rings is 2. The van der Waals surface area contributed by atoms with Crippen LogP contribution in [-0.4, -0.2) is 26.9 Å². The minimum atomic E-state index is -2.05. The molecule has 2 rings (SSSR count). The fourth-order valence-electron chi connectivity index (χ4n) is 4.40. The molecule has 27 heavy (non-hydrogen) atoms. The van der Waals surface area contributed by atoms with Gasteiger partial charge in [0.1, 0.15) is 8.07 Å². The number of rotatable bonds is 9. The van der Waals surface area contributed by atoms with Gasteiger partial charge < -0.3 is 4.43 Å². The highest BCUT2D eigenvalue weighted by Crippen LogP contribution is 2.39. The zero-order chi connectivity index (χ0) is 20.1. The van der Waals surface area contributed by atoms with Crippen molar-refractivity contribution in [3.05, 3.63) is 60.7 Å². The Morgan fingerprint density at radius 1 is 0.852 bits per heavy atom. The van der Waals surface area contributed by atoms with Crippen LogP contribution in [0.25, 0.3) is 0 Å². The minimum Gasteiger partial charge on any atom is -0.410 e. The van der Waals surface area contributed by atoms with Crippen molar-refractivity contribution < 1.29 is 4.43 Å². The maximum atomic E-state index is 7.37. The summed E-state index contributed by atoms with van der Waals surface area (Å²) < 4.78 is 7.37. The van der Waals surface area contributed by atoms with E-state index in [1.165, 1.54) is 10.4 Å². The number of alkyl halides is 1. The summed E-state index contributed by atoms with van der Waals surface area (Å²) in [5.74, 6) is 0.467. The van der Waals surface area contributed by atoms with Gasteiger partial charge in [-0.2, -0.15) is 0 Å². The van der Waals surface area contributed by atoms with Gasteiger partial charge in [-0.05, 0) is 37.0 Å². The summed E-state index contributed by atoms with van der Waals surface area (Å²) in [4.78, 5) is 0. The van der Waals surface area contributed by atoms with Gasteiger partial charge in [0.2, 0.25) is 8.32 Å². The molecule has 0 bridgehead atoms. The lowest BCUT2D eigenvalue weighted by molar-refractivity contribution is 0.0796. The summed E-state index contributed by atoms with van der Waals surface area (Å²) >= 11 is 3.67. The normalized spacial score (nSPS) is 15.0. The topological polar surface area (TPSA) is 9.23 Å². The molecule has 2 aromatic carbocycles. The summed E-state index contributed by atoms with van der Waals surface area (Å²) in [6.45, 7) is 14.5. The summed E-state index contributed by atoms with van der Waals surface area (Å²) in [5.41, 5.74) is 0. The highest BCUT2D eigenvalue weighted by molar-refractivity contribution is 9.09. The summed E-state index contributed by atoms with van der Waals surface area (Å²) in [5, 5.41) is 3.81. The molecule has 1 atom stereocenters. The molecule has 0 saturated carbocycles. The molecule has 2 aromatic rings. The average molecular weight is 464 g/mol. The van der Waals surface area contributed by atoms with Crippen LogP contribution in [0.15, 0.2) is 60.7 Å². The monoisotopic (exact) mass is 462 g/mol. The van der Waals surface area contributed by atoms with E-state index >= 15 is 0 Å². The molecular weight excluding hydrogens is 428 g/mol. The van der Waals surface area contributed by atoms with Gasteiger partial charge in [0, 0.05) is 5.33 Å². The Morgan fingerprint density at radius 3 is 1.78 bits per heavy atom. The van der Waals surface area contributed by atoms with Crippen LogP contribution in [0, 0.1) is 5.92 Å². The van der Waals surface area contributed by atoms with E-state index in [0.29, 0.717) is 5.92 Å². The fourth-order valence-corrected chi connectivity index (χ4v) is 12.6. The van der Waals surface area contributed by atoms with Crippen LogP contribution in [0.3, 0.4) is 0 Å². The molecule has 4 heteroatoms. The lowest BCUT2D eigenvalue weighted by atomic mass is 10.0. The third kappa shape index (κ3) is 4.84. The summed E-state index contributed by atoms with van der Waals surface area (Å²) in [6.07, 6.45) is 2.24. The van der Waals surface area contributed by atoms with Crippen LogP contribution in [0.2, 0.25) is 26.2 Å². The zero-order valence-corrected chi connectivity index (χ0v) is 21.3. The van der Waals surface area contributed by atoms with E-state index < -0.39 is 16.4 Å². The molecule has 0 heterocycles. The Hall–Kier alpha value is -0.686. The second kappa shape index (κ2) is 9.21. The van der Waals surface area contributed by atoms with Gasteiger partial charge in [-0.25, -0.2) is 0 Å². The van der Waals surface area contributed by atoms with E-state index in [-0.39, 0.29) is 5.22 Å². The van der Waals surface area contributed by atoms with Crippen molar-refractivity contribution >= 4 is 42.7 Å². The van der Waals surface area contributed by atoms with E-state index in [9.17, 15) is 0 Å². The van der Waals surface area contributed by atoms with Gasteiger partial charge in [-0.15, -0.1) is 0 Å². The molecule has 0 saturated heterocycles. The molecule has 0 aliphatic heterocycles. The van der Waals surface area contributed by atoms with Gasteiger partial charge in [-0.3, -0.25) is 0 Å². The third-order valence-electron chi connectivity index (χ3n) is 6.07. The van der Waals surface area contributed by atoms with Gasteiger partial charge >= 0.3 is 0 Å². The summed E-state index contributed by atoms with van der Waals surface area (Å²) in [6, 6.07) is 22.0. The van der Waals surface area contributed by atoms with E-state index in [1.807, 2.05) is 0 Å². The second-order valence-electron chi connectivity index (χ2n) is 8.81. The smallest absolute Gasteiger partial charge is 0.218 e. The molecule has 0 aliphatic carbocycles. The average Bonchev–Trinajstić information content (AvgIpc) is 2.66. The first-order valence-electron chi connectivity index (χ1n) is 10.0. The van der Waals surface area contributed by atoms with Crippen LogP contribution in [0.4, 0.5) is 0 Å². The van der Waals surface area contributed by atoms with Crippen molar-refractivity contribution in [1.82, 2.24) is 0 Å².